The number of thioether (sulfide) groups is 1. The maximum absolute atomic E-state index is 12.5. The van der Waals surface area contributed by atoms with Crippen LogP contribution in [0.4, 0.5) is 0 Å². The van der Waals surface area contributed by atoms with Gasteiger partial charge in [0.1, 0.15) is 0 Å². The minimum absolute atomic E-state index is 0.0112. The molecule has 1 aromatic rings. The fourth-order valence-electron chi connectivity index (χ4n) is 2.55. The maximum Gasteiger partial charge on any atom is 0.305 e. The van der Waals surface area contributed by atoms with E-state index < -0.39 is 5.97 Å². The third-order valence-electron chi connectivity index (χ3n) is 3.64. The molecule has 6 heteroatoms. The molecule has 1 aliphatic heterocycles. The molecule has 0 aromatic heterocycles. The lowest BCUT2D eigenvalue weighted by Gasteiger charge is -2.34. The highest BCUT2D eigenvalue weighted by molar-refractivity contribution is 7.99. The molecule has 0 aliphatic carbocycles. The molecule has 1 aliphatic rings. The van der Waals surface area contributed by atoms with Gasteiger partial charge < -0.3 is 15.7 Å². The summed E-state index contributed by atoms with van der Waals surface area (Å²) in [5.74, 6) is 0.682. The SMILES string of the molecule is NCc1ccccc1CC(=O)N1CCSCC1CC(=O)O. The van der Waals surface area contributed by atoms with Crippen LogP contribution in [0, 0.1) is 0 Å². The Morgan fingerprint density at radius 2 is 2.05 bits per heavy atom. The average Bonchev–Trinajstić information content (AvgIpc) is 2.47. The standard InChI is InChI=1S/C15H20N2O3S/c16-9-12-4-2-1-3-11(12)7-14(18)17-5-6-21-10-13(17)8-15(19)20/h1-4,13H,5-10,16H2,(H,19,20). The van der Waals surface area contributed by atoms with Crippen LogP contribution in [0.3, 0.4) is 0 Å². The van der Waals surface area contributed by atoms with Gasteiger partial charge in [-0.2, -0.15) is 11.8 Å². The smallest absolute Gasteiger partial charge is 0.305 e. The van der Waals surface area contributed by atoms with Gasteiger partial charge in [-0.15, -0.1) is 0 Å². The molecular formula is C15H20N2O3S. The number of rotatable bonds is 5. The van der Waals surface area contributed by atoms with Crippen LogP contribution in [-0.4, -0.2) is 46.0 Å². The fraction of sp³-hybridized carbons (Fsp3) is 0.467. The zero-order valence-corrected chi connectivity index (χ0v) is 12.6. The van der Waals surface area contributed by atoms with E-state index in [9.17, 15) is 9.59 Å². The lowest BCUT2D eigenvalue weighted by molar-refractivity contribution is -0.140. The number of nitrogens with zero attached hydrogens (tertiary/aromatic N) is 1. The van der Waals surface area contributed by atoms with Gasteiger partial charge in [-0.3, -0.25) is 9.59 Å². The van der Waals surface area contributed by atoms with Crippen LogP contribution in [0.2, 0.25) is 0 Å². The van der Waals surface area contributed by atoms with Crippen molar-refractivity contribution >= 4 is 23.6 Å². The Bertz CT molecular complexity index is 521. The highest BCUT2D eigenvalue weighted by atomic mass is 32.2. The molecule has 1 amide bonds. The number of carboxylic acid groups (broad SMARTS) is 1. The molecule has 1 unspecified atom stereocenters. The Morgan fingerprint density at radius 3 is 2.71 bits per heavy atom. The summed E-state index contributed by atoms with van der Waals surface area (Å²) in [6.45, 7) is 1.02. The molecule has 1 atom stereocenters. The van der Waals surface area contributed by atoms with Crippen LogP contribution in [0.5, 0.6) is 0 Å². The van der Waals surface area contributed by atoms with Crippen LogP contribution in [0.25, 0.3) is 0 Å². The molecule has 0 spiro atoms. The first kappa shape index (κ1) is 15.9. The number of hydrogen-bond donors (Lipinski definition) is 2. The first-order chi connectivity index (χ1) is 10.1. The van der Waals surface area contributed by atoms with E-state index in [0.29, 0.717) is 18.8 Å². The number of nitrogens with two attached hydrogens (primary N) is 1. The summed E-state index contributed by atoms with van der Waals surface area (Å²) in [6.07, 6.45) is 0.297. The predicted octanol–water partition coefficient (Wildman–Crippen LogP) is 1.11. The lowest BCUT2D eigenvalue weighted by atomic mass is 10.0. The molecule has 114 valence electrons. The number of benzene rings is 1. The maximum atomic E-state index is 12.5. The molecule has 0 saturated carbocycles. The van der Waals surface area contributed by atoms with Crippen molar-refractivity contribution < 1.29 is 14.7 Å². The number of carbonyl (C=O) groups is 2. The summed E-state index contributed by atoms with van der Waals surface area (Å²) < 4.78 is 0. The van der Waals surface area contributed by atoms with E-state index in [0.717, 1.165) is 16.9 Å². The Morgan fingerprint density at radius 1 is 1.33 bits per heavy atom. The fourth-order valence-corrected chi connectivity index (χ4v) is 3.61. The van der Waals surface area contributed by atoms with Crippen LogP contribution >= 0.6 is 11.8 Å². The van der Waals surface area contributed by atoms with Crippen molar-refractivity contribution in [1.82, 2.24) is 4.90 Å². The van der Waals surface area contributed by atoms with Gasteiger partial charge >= 0.3 is 5.97 Å². The molecule has 5 nitrogen and oxygen atoms in total. The van der Waals surface area contributed by atoms with Crippen molar-refractivity contribution in [2.24, 2.45) is 5.73 Å². The first-order valence-corrected chi connectivity index (χ1v) is 8.13. The molecule has 1 saturated heterocycles. The van der Waals surface area contributed by atoms with Crippen molar-refractivity contribution in [2.75, 3.05) is 18.1 Å². The van der Waals surface area contributed by atoms with E-state index in [-0.39, 0.29) is 24.8 Å². The van der Waals surface area contributed by atoms with E-state index in [4.69, 9.17) is 10.8 Å². The van der Waals surface area contributed by atoms with Gasteiger partial charge in [0.2, 0.25) is 5.91 Å². The Hall–Kier alpha value is -1.53. The lowest BCUT2D eigenvalue weighted by Crippen LogP contribution is -2.47. The van der Waals surface area contributed by atoms with Crippen molar-refractivity contribution in [3.63, 3.8) is 0 Å². The largest absolute Gasteiger partial charge is 0.481 e. The van der Waals surface area contributed by atoms with Crippen molar-refractivity contribution in [2.45, 2.75) is 25.4 Å². The van der Waals surface area contributed by atoms with Crippen molar-refractivity contribution in [3.05, 3.63) is 35.4 Å². The zero-order valence-electron chi connectivity index (χ0n) is 11.8. The number of carbonyl (C=O) groups excluding carboxylic acids is 1. The molecule has 3 N–H and O–H groups in total. The molecule has 1 aromatic carbocycles. The van der Waals surface area contributed by atoms with Gasteiger partial charge in [-0.1, -0.05) is 24.3 Å². The summed E-state index contributed by atoms with van der Waals surface area (Å²) in [6, 6.07) is 7.41. The van der Waals surface area contributed by atoms with Crippen LogP contribution in [0.15, 0.2) is 24.3 Å². The van der Waals surface area contributed by atoms with Crippen molar-refractivity contribution in [1.29, 1.82) is 0 Å². The molecule has 1 fully saturated rings. The van der Waals surface area contributed by atoms with Crippen LogP contribution in [-0.2, 0) is 22.6 Å². The van der Waals surface area contributed by atoms with Crippen molar-refractivity contribution in [3.8, 4) is 0 Å². The second kappa shape index (κ2) is 7.47. The Labute approximate surface area is 128 Å². The third-order valence-corrected chi connectivity index (χ3v) is 4.73. The second-order valence-corrected chi connectivity index (χ2v) is 6.21. The first-order valence-electron chi connectivity index (χ1n) is 6.97. The van der Waals surface area contributed by atoms with Gasteiger partial charge in [-0.05, 0) is 11.1 Å². The van der Waals surface area contributed by atoms with Gasteiger partial charge in [-0.25, -0.2) is 0 Å². The summed E-state index contributed by atoms with van der Waals surface area (Å²) in [5, 5.41) is 8.97. The Kier molecular flexibility index (Phi) is 5.64. The summed E-state index contributed by atoms with van der Waals surface area (Å²) in [4.78, 5) is 25.2. The van der Waals surface area contributed by atoms with Gasteiger partial charge in [0.15, 0.2) is 0 Å². The minimum Gasteiger partial charge on any atom is -0.481 e. The topological polar surface area (TPSA) is 83.6 Å². The highest BCUT2D eigenvalue weighted by Gasteiger charge is 2.28. The molecule has 0 bridgehead atoms. The second-order valence-electron chi connectivity index (χ2n) is 5.06. The predicted molar refractivity (Wildman–Crippen MR) is 83.1 cm³/mol. The Balaban J connectivity index is 2.08. The van der Waals surface area contributed by atoms with Crippen LogP contribution in [0.1, 0.15) is 17.5 Å². The zero-order chi connectivity index (χ0) is 15.2. The summed E-state index contributed by atoms with van der Waals surface area (Å²) >= 11 is 1.70. The number of amides is 1. The number of carboxylic acids is 1. The minimum atomic E-state index is -0.859. The van der Waals surface area contributed by atoms with E-state index in [1.807, 2.05) is 24.3 Å². The summed E-state index contributed by atoms with van der Waals surface area (Å²) in [7, 11) is 0. The third kappa shape index (κ3) is 4.22. The van der Waals surface area contributed by atoms with E-state index >= 15 is 0 Å². The van der Waals surface area contributed by atoms with Gasteiger partial charge in [0.25, 0.3) is 0 Å². The quantitative estimate of drug-likeness (QED) is 0.851. The monoisotopic (exact) mass is 308 g/mol. The highest BCUT2D eigenvalue weighted by Crippen LogP contribution is 2.21. The molecule has 0 radical (unpaired) electrons. The summed E-state index contributed by atoms with van der Waals surface area (Å²) in [5.41, 5.74) is 7.58. The van der Waals surface area contributed by atoms with E-state index in [2.05, 4.69) is 0 Å². The van der Waals surface area contributed by atoms with E-state index in [1.165, 1.54) is 0 Å². The van der Waals surface area contributed by atoms with Gasteiger partial charge in [0.05, 0.1) is 18.9 Å². The van der Waals surface area contributed by atoms with Gasteiger partial charge in [0, 0.05) is 24.6 Å². The molecule has 1 heterocycles. The van der Waals surface area contributed by atoms with Crippen LogP contribution < -0.4 is 5.73 Å². The number of hydrogen-bond acceptors (Lipinski definition) is 4. The number of aliphatic carboxylic acids is 1. The molecule has 21 heavy (non-hydrogen) atoms. The molecular weight excluding hydrogens is 288 g/mol. The average molecular weight is 308 g/mol. The normalized spacial score (nSPS) is 18.5. The molecule has 2 rings (SSSR count). The van der Waals surface area contributed by atoms with E-state index in [1.54, 1.807) is 16.7 Å².